The Balaban J connectivity index is 2.89. The fraction of sp³-hybridized carbons (Fsp3) is 0.538. The molecule has 1 atom stereocenters. The van der Waals surface area contributed by atoms with Gasteiger partial charge in [0, 0.05) is 12.2 Å². The maximum atomic E-state index is 12.6. The average Bonchev–Trinajstić information content (AvgIpc) is 2.26. The van der Waals surface area contributed by atoms with E-state index in [1.807, 2.05) is 6.92 Å². The number of aliphatic hydroxyl groups is 1. The van der Waals surface area contributed by atoms with E-state index in [9.17, 15) is 18.3 Å². The molecule has 0 aliphatic rings. The molecule has 2 nitrogen and oxygen atoms in total. The molecule has 0 aliphatic heterocycles. The van der Waals surface area contributed by atoms with E-state index in [4.69, 9.17) is 0 Å². The van der Waals surface area contributed by atoms with Crippen LogP contribution in [0.25, 0.3) is 0 Å². The van der Waals surface area contributed by atoms with Crippen LogP contribution in [0.3, 0.4) is 0 Å². The summed E-state index contributed by atoms with van der Waals surface area (Å²) in [4.78, 5) is 0. The molecule has 0 bridgehead atoms. The Morgan fingerprint density at radius 2 is 1.89 bits per heavy atom. The Labute approximate surface area is 105 Å². The molecular weight excluding hydrogens is 243 g/mol. The number of anilines is 1. The summed E-state index contributed by atoms with van der Waals surface area (Å²) in [5.41, 5.74) is -0.499. The lowest BCUT2D eigenvalue weighted by Gasteiger charge is -2.23. The normalized spacial score (nSPS) is 15.3. The van der Waals surface area contributed by atoms with Crippen LogP contribution in [-0.2, 0) is 6.18 Å². The van der Waals surface area contributed by atoms with Gasteiger partial charge in [-0.1, -0.05) is 13.0 Å². The molecule has 18 heavy (non-hydrogen) atoms. The smallest absolute Gasteiger partial charge is 0.388 e. The number of hydrogen-bond donors (Lipinski definition) is 2. The van der Waals surface area contributed by atoms with Crippen LogP contribution in [0.15, 0.2) is 18.2 Å². The molecule has 0 amide bonds. The summed E-state index contributed by atoms with van der Waals surface area (Å²) in [6.45, 7) is 5.40. The van der Waals surface area contributed by atoms with Crippen LogP contribution in [-0.4, -0.2) is 17.3 Å². The molecule has 0 radical (unpaired) electrons. The molecule has 0 heterocycles. The fourth-order valence-corrected chi connectivity index (χ4v) is 1.40. The number of aryl methyl sites for hydroxylation is 1. The fourth-order valence-electron chi connectivity index (χ4n) is 1.40. The number of halogens is 3. The standard InChI is InChI=1S/C13H18F3NO/c1-4-12(3,18)8-17-11-7-10(13(14,15)16)6-5-9(11)2/h5-7,17-18H,4,8H2,1-3H3. The van der Waals surface area contributed by atoms with Crippen molar-refractivity contribution in [2.45, 2.75) is 39.0 Å². The summed E-state index contributed by atoms with van der Waals surface area (Å²) in [7, 11) is 0. The maximum Gasteiger partial charge on any atom is 0.416 e. The van der Waals surface area contributed by atoms with Crippen molar-refractivity contribution in [3.63, 3.8) is 0 Å². The summed E-state index contributed by atoms with van der Waals surface area (Å²) < 4.78 is 37.7. The van der Waals surface area contributed by atoms with Crippen molar-refractivity contribution in [1.82, 2.24) is 0 Å². The predicted molar refractivity (Wildman–Crippen MR) is 65.6 cm³/mol. The Kier molecular flexibility index (Phi) is 4.27. The van der Waals surface area contributed by atoms with E-state index in [0.29, 0.717) is 12.1 Å². The number of rotatable bonds is 4. The highest BCUT2D eigenvalue weighted by Crippen LogP contribution is 2.32. The SMILES string of the molecule is CCC(C)(O)CNc1cc(C(F)(F)F)ccc1C. The molecule has 102 valence electrons. The highest BCUT2D eigenvalue weighted by Gasteiger charge is 2.30. The molecule has 0 fully saturated rings. The van der Waals surface area contributed by atoms with E-state index in [-0.39, 0.29) is 6.54 Å². The van der Waals surface area contributed by atoms with Gasteiger partial charge in [-0.3, -0.25) is 0 Å². The zero-order valence-corrected chi connectivity index (χ0v) is 10.7. The van der Waals surface area contributed by atoms with Crippen LogP contribution in [0.4, 0.5) is 18.9 Å². The molecule has 0 aromatic heterocycles. The number of hydrogen-bond acceptors (Lipinski definition) is 2. The van der Waals surface area contributed by atoms with Crippen LogP contribution >= 0.6 is 0 Å². The topological polar surface area (TPSA) is 32.3 Å². The zero-order valence-electron chi connectivity index (χ0n) is 10.7. The van der Waals surface area contributed by atoms with Gasteiger partial charge in [0.1, 0.15) is 0 Å². The first-order valence-electron chi connectivity index (χ1n) is 5.80. The van der Waals surface area contributed by atoms with E-state index in [1.54, 1.807) is 13.8 Å². The van der Waals surface area contributed by atoms with Crippen molar-refractivity contribution >= 4 is 5.69 Å². The summed E-state index contributed by atoms with van der Waals surface area (Å²) in [5, 5.41) is 12.7. The maximum absolute atomic E-state index is 12.6. The van der Waals surface area contributed by atoms with Crippen molar-refractivity contribution in [3.8, 4) is 0 Å². The van der Waals surface area contributed by atoms with Gasteiger partial charge in [-0.05, 0) is 38.0 Å². The first-order valence-corrected chi connectivity index (χ1v) is 5.80. The number of alkyl halides is 3. The highest BCUT2D eigenvalue weighted by molar-refractivity contribution is 5.53. The van der Waals surface area contributed by atoms with E-state index < -0.39 is 17.3 Å². The monoisotopic (exact) mass is 261 g/mol. The first-order chi connectivity index (χ1) is 8.15. The van der Waals surface area contributed by atoms with Crippen molar-refractivity contribution in [2.24, 2.45) is 0 Å². The molecule has 1 unspecified atom stereocenters. The van der Waals surface area contributed by atoms with Crippen LogP contribution < -0.4 is 5.32 Å². The van der Waals surface area contributed by atoms with Gasteiger partial charge in [0.15, 0.2) is 0 Å². The third kappa shape index (κ3) is 3.91. The Hall–Kier alpha value is -1.23. The van der Waals surface area contributed by atoms with Gasteiger partial charge in [0.2, 0.25) is 0 Å². The molecule has 1 aromatic carbocycles. The Morgan fingerprint density at radius 1 is 1.28 bits per heavy atom. The molecule has 1 rings (SSSR count). The van der Waals surface area contributed by atoms with E-state index in [1.165, 1.54) is 6.07 Å². The van der Waals surface area contributed by atoms with Crippen molar-refractivity contribution in [3.05, 3.63) is 29.3 Å². The van der Waals surface area contributed by atoms with Crippen molar-refractivity contribution in [2.75, 3.05) is 11.9 Å². The summed E-state index contributed by atoms with van der Waals surface area (Å²) in [5.74, 6) is 0. The minimum absolute atomic E-state index is 0.214. The van der Waals surface area contributed by atoms with Gasteiger partial charge < -0.3 is 10.4 Å². The Bertz CT molecular complexity index is 413. The lowest BCUT2D eigenvalue weighted by atomic mass is 10.0. The molecule has 0 saturated carbocycles. The zero-order chi connectivity index (χ0) is 14.0. The molecule has 1 aromatic rings. The van der Waals surface area contributed by atoms with Crippen LogP contribution in [0.1, 0.15) is 31.4 Å². The second-order valence-electron chi connectivity index (χ2n) is 4.73. The molecule has 5 heteroatoms. The van der Waals surface area contributed by atoms with Gasteiger partial charge >= 0.3 is 6.18 Å². The molecule has 2 N–H and O–H groups in total. The van der Waals surface area contributed by atoms with Gasteiger partial charge in [0.05, 0.1) is 11.2 Å². The molecular formula is C13H18F3NO. The molecule has 0 spiro atoms. The number of benzene rings is 1. The van der Waals surface area contributed by atoms with Gasteiger partial charge in [-0.15, -0.1) is 0 Å². The third-order valence-corrected chi connectivity index (χ3v) is 2.99. The van der Waals surface area contributed by atoms with Crippen molar-refractivity contribution < 1.29 is 18.3 Å². The lowest BCUT2D eigenvalue weighted by Crippen LogP contribution is -2.32. The summed E-state index contributed by atoms with van der Waals surface area (Å²) in [6, 6.07) is 3.55. The van der Waals surface area contributed by atoms with Crippen LogP contribution in [0, 0.1) is 6.92 Å². The average molecular weight is 261 g/mol. The van der Waals surface area contributed by atoms with Gasteiger partial charge in [-0.2, -0.15) is 13.2 Å². The highest BCUT2D eigenvalue weighted by atomic mass is 19.4. The van der Waals surface area contributed by atoms with Crippen LogP contribution in [0.2, 0.25) is 0 Å². The largest absolute Gasteiger partial charge is 0.416 e. The second kappa shape index (κ2) is 5.18. The minimum Gasteiger partial charge on any atom is -0.388 e. The second-order valence-corrected chi connectivity index (χ2v) is 4.73. The summed E-state index contributed by atoms with van der Waals surface area (Å²) >= 11 is 0. The number of nitrogens with one attached hydrogen (secondary N) is 1. The first kappa shape index (κ1) is 14.8. The third-order valence-electron chi connectivity index (χ3n) is 2.99. The van der Waals surface area contributed by atoms with E-state index >= 15 is 0 Å². The van der Waals surface area contributed by atoms with Crippen LogP contribution in [0.5, 0.6) is 0 Å². The van der Waals surface area contributed by atoms with Gasteiger partial charge in [-0.25, -0.2) is 0 Å². The van der Waals surface area contributed by atoms with E-state index in [0.717, 1.165) is 17.7 Å². The minimum atomic E-state index is -4.35. The summed E-state index contributed by atoms with van der Waals surface area (Å²) in [6.07, 6.45) is -3.82. The van der Waals surface area contributed by atoms with Gasteiger partial charge in [0.25, 0.3) is 0 Å². The van der Waals surface area contributed by atoms with E-state index in [2.05, 4.69) is 5.32 Å². The quantitative estimate of drug-likeness (QED) is 0.868. The van der Waals surface area contributed by atoms with Crippen molar-refractivity contribution in [1.29, 1.82) is 0 Å². The lowest BCUT2D eigenvalue weighted by molar-refractivity contribution is -0.137. The molecule has 0 saturated heterocycles. The predicted octanol–water partition coefficient (Wildman–Crippen LogP) is 3.59. The Morgan fingerprint density at radius 3 is 2.39 bits per heavy atom. The molecule has 0 aliphatic carbocycles.